The molecule has 0 saturated carbocycles. The first-order valence-corrected chi connectivity index (χ1v) is 8.96. The second-order valence-corrected chi connectivity index (χ2v) is 6.76. The first-order chi connectivity index (χ1) is 12.9. The summed E-state index contributed by atoms with van der Waals surface area (Å²) < 4.78 is 5.21. The fourth-order valence-corrected chi connectivity index (χ4v) is 3.12. The number of hydrogen-bond donors (Lipinski definition) is 1. The van der Waals surface area contributed by atoms with Crippen molar-refractivity contribution in [1.29, 1.82) is 0 Å². The Labute approximate surface area is 159 Å². The highest BCUT2D eigenvalue weighted by molar-refractivity contribution is 7.09. The summed E-state index contributed by atoms with van der Waals surface area (Å²) in [6.07, 6.45) is 0.188. The number of amides is 1. The van der Waals surface area contributed by atoms with Crippen LogP contribution in [0.4, 0.5) is 0 Å². The molecule has 0 bridgehead atoms. The zero-order valence-electron chi connectivity index (χ0n) is 14.7. The van der Waals surface area contributed by atoms with Gasteiger partial charge in [-0.3, -0.25) is 4.79 Å². The van der Waals surface area contributed by atoms with Gasteiger partial charge in [-0.2, -0.15) is 5.10 Å². The van der Waals surface area contributed by atoms with Crippen molar-refractivity contribution in [3.05, 3.63) is 63.8 Å². The van der Waals surface area contributed by atoms with Gasteiger partial charge in [0.2, 0.25) is 5.91 Å². The number of aromatic nitrogens is 1. The highest BCUT2D eigenvalue weighted by Crippen LogP contribution is 2.22. The molecule has 3 rings (SSSR count). The first kappa shape index (κ1) is 18.5. The summed E-state index contributed by atoms with van der Waals surface area (Å²) in [5, 5.41) is 17.5. The average molecular weight is 382 g/mol. The zero-order valence-corrected chi connectivity index (χ0v) is 15.5. The molecule has 0 unspecified atom stereocenters. The maximum absolute atomic E-state index is 11.9. The van der Waals surface area contributed by atoms with E-state index in [1.807, 2.05) is 24.4 Å². The van der Waals surface area contributed by atoms with E-state index in [1.165, 1.54) is 17.4 Å². The quantitative estimate of drug-likeness (QED) is 0.519. The fraction of sp³-hybridized carbons (Fsp3) is 0.158. The summed E-state index contributed by atoms with van der Waals surface area (Å²) in [7, 11) is 0. The van der Waals surface area contributed by atoms with Gasteiger partial charge in [0, 0.05) is 16.6 Å². The zero-order chi connectivity index (χ0) is 19.4. The molecule has 27 heavy (non-hydrogen) atoms. The van der Waals surface area contributed by atoms with E-state index in [2.05, 4.69) is 15.5 Å². The number of nitrogens with one attached hydrogen (secondary N) is 1. The molecule has 0 atom stereocenters. The fourth-order valence-electron chi connectivity index (χ4n) is 2.35. The number of thiazole rings is 1. The Morgan fingerprint density at radius 1 is 1.22 bits per heavy atom. The van der Waals surface area contributed by atoms with E-state index in [4.69, 9.17) is 4.42 Å². The van der Waals surface area contributed by atoms with Crippen LogP contribution >= 0.6 is 11.3 Å². The molecule has 8 heteroatoms. The molecule has 0 aliphatic carbocycles. The molecule has 0 aliphatic heterocycles. The Balaban J connectivity index is 1.63. The number of carbonyl (C=O) groups is 2. The number of carboxylic acids is 1. The van der Waals surface area contributed by atoms with Crippen molar-refractivity contribution in [2.24, 2.45) is 5.10 Å². The van der Waals surface area contributed by atoms with Gasteiger partial charge in [-0.1, -0.05) is 24.3 Å². The van der Waals surface area contributed by atoms with Crippen LogP contribution in [0.2, 0.25) is 0 Å². The van der Waals surface area contributed by atoms with Crippen molar-refractivity contribution in [1.82, 2.24) is 10.4 Å². The molecule has 0 fully saturated rings. The monoisotopic (exact) mass is 382 g/mol. The second-order valence-electron chi connectivity index (χ2n) is 5.82. The van der Waals surface area contributed by atoms with Crippen LogP contribution in [-0.2, 0) is 11.2 Å². The van der Waals surface area contributed by atoms with E-state index in [0.717, 1.165) is 21.8 Å². The summed E-state index contributed by atoms with van der Waals surface area (Å²) in [4.78, 5) is 27.0. The third-order valence-electron chi connectivity index (χ3n) is 3.72. The van der Waals surface area contributed by atoms with Crippen molar-refractivity contribution in [3.8, 4) is 11.3 Å². The summed E-state index contributed by atoms with van der Waals surface area (Å²) in [6.45, 7) is 3.66. The number of furan rings is 1. The smallest absolute Gasteiger partial charge is 0.246 e. The molecule has 1 amide bonds. The normalized spacial score (nSPS) is 11.4. The molecule has 1 N–H and O–H groups in total. The average Bonchev–Trinajstić information content (AvgIpc) is 3.29. The Morgan fingerprint density at radius 3 is 2.56 bits per heavy atom. The van der Waals surface area contributed by atoms with Crippen molar-refractivity contribution < 1.29 is 19.1 Å². The first-order valence-electron chi connectivity index (χ1n) is 8.08. The van der Waals surface area contributed by atoms with Crippen molar-refractivity contribution >= 4 is 28.9 Å². The van der Waals surface area contributed by atoms with E-state index in [0.29, 0.717) is 11.5 Å². The lowest BCUT2D eigenvalue weighted by Crippen LogP contribution is -2.21. The van der Waals surface area contributed by atoms with Gasteiger partial charge in [0.1, 0.15) is 22.5 Å². The summed E-state index contributed by atoms with van der Waals surface area (Å²) in [5.41, 5.74) is 5.60. The number of carboxylic acid groups (broad SMARTS) is 1. The van der Waals surface area contributed by atoms with Crippen molar-refractivity contribution in [2.45, 2.75) is 20.3 Å². The minimum atomic E-state index is -1.36. The predicted molar refractivity (Wildman–Crippen MR) is 99.4 cm³/mol. The highest BCUT2D eigenvalue weighted by atomic mass is 32.1. The number of benzene rings is 1. The van der Waals surface area contributed by atoms with Crippen LogP contribution in [0.25, 0.3) is 11.3 Å². The number of nitrogens with zero attached hydrogens (tertiary/aromatic N) is 2. The highest BCUT2D eigenvalue weighted by Gasteiger charge is 2.08. The van der Waals surface area contributed by atoms with Crippen LogP contribution in [0, 0.1) is 6.92 Å². The molecule has 0 radical (unpaired) electrons. The Hall–Kier alpha value is -3.26. The summed E-state index contributed by atoms with van der Waals surface area (Å²) in [5.74, 6) is -1.37. The standard InChI is InChI=1S/C19H17N3O4S/c1-11-10-27-18(20-11)9-17(23)22-21-12(2)13-3-5-14(6-4-13)15-7-8-16(26-15)19(24)25/h3-8,10H,9H2,1-2H3,(H,22,23)(H,24,25)/p-1/b21-12-. The molecule has 1 aromatic carbocycles. The lowest BCUT2D eigenvalue weighted by Gasteiger charge is -2.04. The molecule has 3 aromatic rings. The number of carbonyl (C=O) groups excluding carboxylic acids is 2. The van der Waals surface area contributed by atoms with Gasteiger partial charge in [0.05, 0.1) is 12.1 Å². The molecule has 138 valence electrons. The topological polar surface area (TPSA) is 108 Å². The van der Waals surface area contributed by atoms with Gasteiger partial charge < -0.3 is 14.3 Å². The van der Waals surface area contributed by atoms with Gasteiger partial charge in [-0.25, -0.2) is 10.4 Å². The Bertz CT molecular complexity index is 1000. The maximum atomic E-state index is 11.9. The second kappa shape index (κ2) is 7.96. The van der Waals surface area contributed by atoms with Crippen molar-refractivity contribution in [3.63, 3.8) is 0 Å². The molecule has 0 aliphatic rings. The Morgan fingerprint density at radius 2 is 1.96 bits per heavy atom. The molecule has 2 heterocycles. The summed E-state index contributed by atoms with van der Waals surface area (Å²) >= 11 is 1.44. The van der Waals surface area contributed by atoms with E-state index in [-0.39, 0.29) is 18.1 Å². The van der Waals surface area contributed by atoms with Gasteiger partial charge in [0.15, 0.2) is 0 Å². The Kier molecular flexibility index (Phi) is 5.46. The van der Waals surface area contributed by atoms with E-state index in [9.17, 15) is 14.7 Å². The van der Waals surface area contributed by atoms with Crippen LogP contribution < -0.4 is 10.5 Å². The van der Waals surface area contributed by atoms with E-state index in [1.54, 1.807) is 25.1 Å². The van der Waals surface area contributed by atoms with Crippen LogP contribution in [0.1, 0.15) is 33.7 Å². The van der Waals surface area contributed by atoms with Crippen LogP contribution in [0.5, 0.6) is 0 Å². The molecular formula is C19H16N3O4S-. The predicted octanol–water partition coefficient (Wildman–Crippen LogP) is 2.16. The van der Waals surface area contributed by atoms with Crippen LogP contribution in [0.15, 0.2) is 51.3 Å². The SMILES string of the molecule is C/C(=N/NC(=O)Cc1nc(C)cs1)c1ccc(-c2ccc(C(=O)[O-])o2)cc1. The van der Waals surface area contributed by atoms with Crippen LogP contribution in [0.3, 0.4) is 0 Å². The number of hydrogen-bond acceptors (Lipinski definition) is 7. The molecule has 0 spiro atoms. The summed E-state index contributed by atoms with van der Waals surface area (Å²) in [6, 6.07) is 10.1. The molecule has 0 saturated heterocycles. The minimum Gasteiger partial charge on any atom is -0.542 e. The number of hydrazone groups is 1. The minimum absolute atomic E-state index is 0.188. The largest absolute Gasteiger partial charge is 0.542 e. The van der Waals surface area contributed by atoms with Gasteiger partial charge in [0.25, 0.3) is 0 Å². The third kappa shape index (κ3) is 4.68. The van der Waals surface area contributed by atoms with Crippen molar-refractivity contribution in [2.75, 3.05) is 0 Å². The number of aromatic carboxylic acids is 1. The van der Waals surface area contributed by atoms with Crippen LogP contribution in [-0.4, -0.2) is 22.6 Å². The van der Waals surface area contributed by atoms with E-state index >= 15 is 0 Å². The molecule has 2 aromatic heterocycles. The van der Waals surface area contributed by atoms with Gasteiger partial charge >= 0.3 is 0 Å². The third-order valence-corrected chi connectivity index (χ3v) is 4.69. The lowest BCUT2D eigenvalue weighted by atomic mass is 10.1. The number of aryl methyl sites for hydroxylation is 1. The van der Waals surface area contributed by atoms with Gasteiger partial charge in [-0.15, -0.1) is 11.3 Å². The van der Waals surface area contributed by atoms with E-state index < -0.39 is 5.97 Å². The molecular weight excluding hydrogens is 366 g/mol. The molecule has 7 nitrogen and oxygen atoms in total. The maximum Gasteiger partial charge on any atom is 0.246 e. The lowest BCUT2D eigenvalue weighted by molar-refractivity contribution is -0.257. The van der Waals surface area contributed by atoms with Gasteiger partial charge in [-0.05, 0) is 31.5 Å². The number of rotatable bonds is 6.